The lowest BCUT2D eigenvalue weighted by Gasteiger charge is -2.24. The molecule has 0 saturated carbocycles. The number of hydrogen-bond acceptors (Lipinski definition) is 6. The number of aryl methyl sites for hydroxylation is 1. The van der Waals surface area contributed by atoms with Crippen LogP contribution >= 0.6 is 0 Å². The highest BCUT2D eigenvalue weighted by atomic mass is 32.2. The molecule has 26 heavy (non-hydrogen) atoms. The Balaban J connectivity index is 1.97. The van der Waals surface area contributed by atoms with Gasteiger partial charge in [-0.1, -0.05) is 6.07 Å². The van der Waals surface area contributed by atoms with Crippen molar-refractivity contribution in [2.75, 3.05) is 13.2 Å². The maximum absolute atomic E-state index is 13.2. The number of non-ortho nitro benzene ring substituents is 1. The van der Waals surface area contributed by atoms with Crippen molar-refractivity contribution in [2.24, 2.45) is 0 Å². The van der Waals surface area contributed by atoms with Crippen LogP contribution in [-0.2, 0) is 21.3 Å². The van der Waals surface area contributed by atoms with Crippen molar-refractivity contribution >= 4 is 15.7 Å². The van der Waals surface area contributed by atoms with Gasteiger partial charge in [-0.3, -0.25) is 10.1 Å². The van der Waals surface area contributed by atoms with Gasteiger partial charge in [0, 0.05) is 25.3 Å². The van der Waals surface area contributed by atoms with Gasteiger partial charge in [0.25, 0.3) is 5.69 Å². The van der Waals surface area contributed by atoms with Crippen LogP contribution in [0.2, 0.25) is 0 Å². The molecule has 0 spiro atoms. The number of nitrogens with zero attached hydrogens (tertiary/aromatic N) is 2. The van der Waals surface area contributed by atoms with Crippen molar-refractivity contribution in [3.63, 3.8) is 0 Å². The number of nitro groups is 1. The molecule has 1 atom stereocenters. The Morgan fingerprint density at radius 1 is 1.35 bits per heavy atom. The number of hydrogen-bond donors (Lipinski definition) is 0. The Bertz CT molecular complexity index is 873. The van der Waals surface area contributed by atoms with E-state index in [1.165, 1.54) is 22.7 Å². The molecule has 1 fully saturated rings. The van der Waals surface area contributed by atoms with E-state index in [4.69, 9.17) is 9.15 Å². The van der Waals surface area contributed by atoms with Crippen LogP contribution in [0.3, 0.4) is 0 Å². The van der Waals surface area contributed by atoms with Gasteiger partial charge >= 0.3 is 0 Å². The summed E-state index contributed by atoms with van der Waals surface area (Å²) in [5.41, 5.74) is 0.191. The first-order chi connectivity index (χ1) is 12.4. The Kier molecular flexibility index (Phi) is 5.40. The molecule has 9 heteroatoms. The molecule has 1 aliphatic rings. The highest BCUT2D eigenvalue weighted by Crippen LogP contribution is 2.27. The summed E-state index contributed by atoms with van der Waals surface area (Å²) < 4.78 is 38.6. The summed E-state index contributed by atoms with van der Waals surface area (Å²) in [6.07, 6.45) is 2.94. The Morgan fingerprint density at radius 2 is 2.15 bits per heavy atom. The van der Waals surface area contributed by atoms with Crippen LogP contribution in [0.4, 0.5) is 5.69 Å². The maximum atomic E-state index is 13.2. The SMILES string of the molecule is Cc1ccc([N+](=O)[O-])cc1S(=O)(=O)N(Cc1ccco1)CC1CCCO1. The van der Waals surface area contributed by atoms with Crippen LogP contribution in [0.5, 0.6) is 0 Å². The largest absolute Gasteiger partial charge is 0.468 e. The molecule has 1 unspecified atom stereocenters. The monoisotopic (exact) mass is 380 g/mol. The van der Waals surface area contributed by atoms with Crippen molar-refractivity contribution in [3.8, 4) is 0 Å². The predicted molar refractivity (Wildman–Crippen MR) is 93.1 cm³/mol. The van der Waals surface area contributed by atoms with Gasteiger partial charge in [-0.05, 0) is 37.5 Å². The smallest absolute Gasteiger partial charge is 0.270 e. The van der Waals surface area contributed by atoms with Crippen molar-refractivity contribution in [2.45, 2.75) is 37.3 Å². The first-order valence-electron chi connectivity index (χ1n) is 8.27. The average Bonchev–Trinajstić information content (AvgIpc) is 3.28. The van der Waals surface area contributed by atoms with Crippen LogP contribution in [0.1, 0.15) is 24.2 Å². The van der Waals surface area contributed by atoms with Crippen LogP contribution in [0, 0.1) is 17.0 Å². The zero-order valence-corrected chi connectivity index (χ0v) is 15.1. The summed E-state index contributed by atoms with van der Waals surface area (Å²) in [5.74, 6) is 0.495. The molecule has 2 aromatic rings. The molecule has 2 heterocycles. The minimum atomic E-state index is -3.96. The number of nitro benzene ring substituents is 1. The fourth-order valence-corrected chi connectivity index (χ4v) is 4.64. The maximum Gasteiger partial charge on any atom is 0.270 e. The number of ether oxygens (including phenoxy) is 1. The van der Waals surface area contributed by atoms with E-state index < -0.39 is 14.9 Å². The number of rotatable bonds is 7. The molecule has 8 nitrogen and oxygen atoms in total. The summed E-state index contributed by atoms with van der Waals surface area (Å²) >= 11 is 0. The van der Waals surface area contributed by atoms with E-state index in [1.54, 1.807) is 19.1 Å². The summed E-state index contributed by atoms with van der Waals surface area (Å²) in [7, 11) is -3.96. The third-order valence-corrected chi connectivity index (χ3v) is 6.30. The van der Waals surface area contributed by atoms with Crippen molar-refractivity contribution in [3.05, 3.63) is 58.0 Å². The summed E-state index contributed by atoms with van der Waals surface area (Å²) in [6.45, 7) is 2.44. The summed E-state index contributed by atoms with van der Waals surface area (Å²) in [4.78, 5) is 10.4. The standard InChI is InChI=1S/C17H20N2O6S/c1-13-6-7-14(19(20)21)10-17(13)26(22,23)18(11-15-4-2-8-24-15)12-16-5-3-9-25-16/h2,4,6-8,10,16H,3,5,9,11-12H2,1H3. The minimum absolute atomic E-state index is 0.0390. The van der Waals surface area contributed by atoms with Gasteiger partial charge in [-0.15, -0.1) is 0 Å². The molecular formula is C17H20N2O6S. The van der Waals surface area contributed by atoms with Crippen LogP contribution < -0.4 is 0 Å². The van der Waals surface area contributed by atoms with Gasteiger partial charge < -0.3 is 9.15 Å². The minimum Gasteiger partial charge on any atom is -0.468 e. The first kappa shape index (κ1) is 18.6. The second-order valence-corrected chi connectivity index (χ2v) is 8.13. The summed E-state index contributed by atoms with van der Waals surface area (Å²) in [6, 6.07) is 7.23. The normalized spacial score (nSPS) is 17.7. The molecule has 1 aromatic carbocycles. The van der Waals surface area contributed by atoms with Gasteiger partial charge in [0.15, 0.2) is 0 Å². The lowest BCUT2D eigenvalue weighted by molar-refractivity contribution is -0.385. The average molecular weight is 380 g/mol. The van der Waals surface area contributed by atoms with Gasteiger partial charge in [0.1, 0.15) is 5.76 Å². The van der Waals surface area contributed by atoms with E-state index >= 15 is 0 Å². The first-order valence-corrected chi connectivity index (χ1v) is 9.71. The molecule has 1 aromatic heterocycles. The lowest BCUT2D eigenvalue weighted by atomic mass is 10.2. The van der Waals surface area contributed by atoms with E-state index in [0.29, 0.717) is 17.9 Å². The zero-order valence-electron chi connectivity index (χ0n) is 14.3. The van der Waals surface area contributed by atoms with Crippen LogP contribution in [0.15, 0.2) is 45.9 Å². The number of furan rings is 1. The quantitative estimate of drug-likeness (QED) is 0.540. The van der Waals surface area contributed by atoms with Crippen LogP contribution in [0.25, 0.3) is 0 Å². The Morgan fingerprint density at radius 3 is 2.77 bits per heavy atom. The molecule has 1 aliphatic heterocycles. The Labute approximate surface area is 151 Å². The second-order valence-electron chi connectivity index (χ2n) is 6.22. The zero-order chi connectivity index (χ0) is 18.7. The van der Waals surface area contributed by atoms with E-state index in [-0.39, 0.29) is 29.8 Å². The third-order valence-electron chi connectivity index (χ3n) is 4.34. The number of benzene rings is 1. The highest BCUT2D eigenvalue weighted by molar-refractivity contribution is 7.89. The van der Waals surface area contributed by atoms with Crippen LogP contribution in [-0.4, -0.2) is 36.9 Å². The van der Waals surface area contributed by atoms with Gasteiger partial charge in [-0.2, -0.15) is 4.31 Å². The Hall–Kier alpha value is -2.23. The molecule has 0 radical (unpaired) electrons. The molecule has 140 valence electrons. The van der Waals surface area contributed by atoms with Gasteiger partial charge in [0.05, 0.1) is 28.7 Å². The van der Waals surface area contributed by atoms with Crippen molar-refractivity contribution in [1.82, 2.24) is 4.31 Å². The third kappa shape index (κ3) is 3.95. The van der Waals surface area contributed by atoms with E-state index in [9.17, 15) is 18.5 Å². The van der Waals surface area contributed by atoms with Gasteiger partial charge in [-0.25, -0.2) is 8.42 Å². The van der Waals surface area contributed by atoms with E-state index in [1.807, 2.05) is 0 Å². The highest BCUT2D eigenvalue weighted by Gasteiger charge is 2.32. The molecule has 3 rings (SSSR count). The molecule has 0 bridgehead atoms. The fourth-order valence-electron chi connectivity index (χ4n) is 2.96. The molecule has 0 amide bonds. The fraction of sp³-hybridized carbons (Fsp3) is 0.412. The predicted octanol–water partition coefficient (Wildman–Crippen LogP) is 2.87. The lowest BCUT2D eigenvalue weighted by Crippen LogP contribution is -2.37. The van der Waals surface area contributed by atoms with E-state index in [0.717, 1.165) is 18.9 Å². The molecule has 0 N–H and O–H groups in total. The van der Waals surface area contributed by atoms with Crippen molar-refractivity contribution in [1.29, 1.82) is 0 Å². The molecular weight excluding hydrogens is 360 g/mol. The van der Waals surface area contributed by atoms with E-state index in [2.05, 4.69) is 0 Å². The molecule has 1 saturated heterocycles. The topological polar surface area (TPSA) is 103 Å². The molecule has 0 aliphatic carbocycles. The summed E-state index contributed by atoms with van der Waals surface area (Å²) in [5, 5.41) is 11.1. The number of sulfonamides is 1. The van der Waals surface area contributed by atoms with Crippen molar-refractivity contribution < 1.29 is 22.5 Å². The second kappa shape index (κ2) is 7.56. The van der Waals surface area contributed by atoms with Gasteiger partial charge in [0.2, 0.25) is 10.0 Å².